The van der Waals surface area contributed by atoms with Crippen LogP contribution in [0.1, 0.15) is 51.3 Å². The van der Waals surface area contributed by atoms with E-state index in [9.17, 15) is 0 Å². The van der Waals surface area contributed by atoms with E-state index in [0.717, 1.165) is 62.0 Å². The molecule has 0 saturated carbocycles. The minimum atomic E-state index is -0.128. The molecule has 1 aliphatic rings. The Hall–Kier alpha value is -7.89. The maximum atomic E-state index is 6.73. The van der Waals surface area contributed by atoms with Crippen LogP contribution in [0.5, 0.6) is 11.5 Å². The van der Waals surface area contributed by atoms with Gasteiger partial charge in [-0.3, -0.25) is 4.57 Å². The summed E-state index contributed by atoms with van der Waals surface area (Å²) in [5, 5.41) is 10.0. The quantitative estimate of drug-likeness (QED) is 0.152. The van der Waals surface area contributed by atoms with E-state index in [2.05, 4.69) is 232 Å². The molecule has 0 saturated heterocycles. The summed E-state index contributed by atoms with van der Waals surface area (Å²) < 4.78 is 9.00. The Morgan fingerprint density at radius 2 is 1.22 bits per heavy atom. The van der Waals surface area contributed by atoms with Gasteiger partial charge in [-0.2, -0.15) is 0 Å². The first kappa shape index (κ1) is 39.9. The van der Waals surface area contributed by atoms with Crippen molar-refractivity contribution >= 4 is 44.6 Å². The van der Waals surface area contributed by atoms with Crippen LogP contribution in [0.2, 0.25) is 0 Å². The lowest BCUT2D eigenvalue weighted by Gasteiger charge is -2.24. The number of nitrogens with zero attached hydrogens (tertiary/aromatic N) is 2. The Morgan fingerprint density at radius 3 is 2.00 bits per heavy atom. The summed E-state index contributed by atoms with van der Waals surface area (Å²) >= 11 is 0. The maximum absolute atomic E-state index is 6.73. The van der Waals surface area contributed by atoms with E-state index in [1.165, 1.54) is 49.9 Å². The number of hydrogen-bond acceptors (Lipinski definition) is 4. The zero-order chi connectivity index (χ0) is 44.3. The largest absolute Gasteiger partial charge is 0.457 e. The summed E-state index contributed by atoms with van der Waals surface area (Å²) in [6, 6.07) is 68.7. The number of nitrogens with one attached hydrogen (secondary N) is 2. The molecule has 0 atom stereocenters. The van der Waals surface area contributed by atoms with Crippen LogP contribution in [0.25, 0.3) is 61.0 Å². The normalized spacial score (nSPS) is 12.8. The molecule has 8 aromatic carbocycles. The van der Waals surface area contributed by atoms with Crippen LogP contribution >= 0.6 is 0 Å². The number of hydrogen-bond donors (Lipinski definition) is 2. The van der Waals surface area contributed by atoms with Gasteiger partial charge >= 0.3 is 0 Å². The molecule has 2 heterocycles. The van der Waals surface area contributed by atoms with Gasteiger partial charge in [0.1, 0.15) is 17.3 Å². The highest BCUT2D eigenvalue weighted by Crippen LogP contribution is 2.54. The van der Waals surface area contributed by atoms with Crippen molar-refractivity contribution in [2.75, 3.05) is 10.6 Å². The molecule has 2 N–H and O–H groups in total. The van der Waals surface area contributed by atoms with E-state index < -0.39 is 0 Å². The van der Waals surface area contributed by atoms with Gasteiger partial charge < -0.3 is 15.4 Å². The van der Waals surface area contributed by atoms with E-state index in [4.69, 9.17) is 9.72 Å². The summed E-state index contributed by atoms with van der Waals surface area (Å²) in [7, 11) is 0. The van der Waals surface area contributed by atoms with Crippen LogP contribution in [0.15, 0.2) is 200 Å². The van der Waals surface area contributed by atoms with Crippen molar-refractivity contribution in [3.63, 3.8) is 0 Å². The van der Waals surface area contributed by atoms with Gasteiger partial charge in [-0.05, 0) is 105 Å². The number of ether oxygens (including phenoxy) is 1. The summed E-state index contributed by atoms with van der Waals surface area (Å²) in [5.41, 5.74) is 17.0. The lowest BCUT2D eigenvalue weighted by Crippen LogP contribution is -2.15. The van der Waals surface area contributed by atoms with Crippen LogP contribution in [-0.2, 0) is 10.8 Å². The van der Waals surface area contributed by atoms with Gasteiger partial charge in [0, 0.05) is 51.3 Å². The SMILES string of the molecule is CC(C)(C)c1ccnc(-n2c3ccc(-c4ccccc4)cc3c3ccc(Oc4cccc(Nc5ccccc5Nc5c(-c6ccccc6)ccc6c5-c5ccccc5C6(C)C)c4)cc32)c1. The number of aromatic nitrogens is 2. The van der Waals surface area contributed by atoms with Crippen molar-refractivity contribution in [2.24, 2.45) is 0 Å². The molecule has 0 bridgehead atoms. The first-order valence-electron chi connectivity index (χ1n) is 22.4. The molecule has 0 aliphatic heterocycles. The fourth-order valence-corrected chi connectivity index (χ4v) is 9.68. The molecule has 0 unspecified atom stereocenters. The summed E-state index contributed by atoms with van der Waals surface area (Å²) in [6.45, 7) is 11.4. The summed E-state index contributed by atoms with van der Waals surface area (Å²) in [5.74, 6) is 2.35. The Kier molecular flexibility index (Phi) is 9.66. The van der Waals surface area contributed by atoms with Crippen LogP contribution in [-0.4, -0.2) is 9.55 Å². The number of para-hydroxylation sites is 2. The fraction of sp³-hybridized carbons (Fsp3) is 0.117. The third kappa shape index (κ3) is 7.19. The third-order valence-electron chi connectivity index (χ3n) is 13.1. The highest BCUT2D eigenvalue weighted by molar-refractivity contribution is 6.11. The van der Waals surface area contributed by atoms with Crippen molar-refractivity contribution < 1.29 is 4.74 Å². The lowest BCUT2D eigenvalue weighted by molar-refractivity contribution is 0.483. The van der Waals surface area contributed by atoms with Gasteiger partial charge in [0.2, 0.25) is 0 Å². The molecule has 65 heavy (non-hydrogen) atoms. The molecule has 0 spiro atoms. The molecular weight excluding hydrogens is 793 g/mol. The maximum Gasteiger partial charge on any atom is 0.137 e. The lowest BCUT2D eigenvalue weighted by atomic mass is 9.82. The van der Waals surface area contributed by atoms with E-state index in [-0.39, 0.29) is 10.8 Å². The topological polar surface area (TPSA) is 51.1 Å². The summed E-state index contributed by atoms with van der Waals surface area (Å²) in [4.78, 5) is 4.94. The van der Waals surface area contributed by atoms with Gasteiger partial charge in [0.25, 0.3) is 0 Å². The van der Waals surface area contributed by atoms with E-state index in [1.54, 1.807) is 0 Å². The molecule has 2 aromatic heterocycles. The number of benzene rings is 8. The average Bonchev–Trinajstić information content (AvgIpc) is 3.77. The van der Waals surface area contributed by atoms with Gasteiger partial charge in [0.15, 0.2) is 0 Å². The van der Waals surface area contributed by atoms with Gasteiger partial charge in [-0.1, -0.05) is 156 Å². The van der Waals surface area contributed by atoms with Crippen molar-refractivity contribution in [1.29, 1.82) is 0 Å². The van der Waals surface area contributed by atoms with Crippen LogP contribution in [0.4, 0.5) is 22.7 Å². The molecule has 316 valence electrons. The predicted octanol–water partition coefficient (Wildman–Crippen LogP) is 16.4. The monoisotopic (exact) mass is 842 g/mol. The Bertz CT molecular complexity index is 3410. The van der Waals surface area contributed by atoms with Crippen LogP contribution in [0.3, 0.4) is 0 Å². The van der Waals surface area contributed by atoms with Crippen molar-refractivity contribution in [1.82, 2.24) is 9.55 Å². The molecule has 1 aliphatic carbocycles. The molecule has 0 amide bonds. The van der Waals surface area contributed by atoms with Gasteiger partial charge in [-0.25, -0.2) is 4.98 Å². The molecule has 0 radical (unpaired) electrons. The Labute approximate surface area is 381 Å². The zero-order valence-electron chi connectivity index (χ0n) is 37.4. The molecule has 5 nitrogen and oxygen atoms in total. The van der Waals surface area contributed by atoms with Crippen molar-refractivity contribution in [3.05, 3.63) is 217 Å². The Balaban J connectivity index is 0.946. The molecule has 11 rings (SSSR count). The smallest absolute Gasteiger partial charge is 0.137 e. The minimum Gasteiger partial charge on any atom is -0.457 e. The van der Waals surface area contributed by atoms with Crippen LogP contribution in [0, 0.1) is 0 Å². The second kappa shape index (κ2) is 15.7. The second-order valence-electron chi connectivity index (χ2n) is 18.6. The first-order chi connectivity index (χ1) is 31.6. The van der Waals surface area contributed by atoms with E-state index in [0.29, 0.717) is 0 Å². The van der Waals surface area contributed by atoms with Crippen molar-refractivity contribution in [2.45, 2.75) is 45.4 Å². The summed E-state index contributed by atoms with van der Waals surface area (Å²) in [6.07, 6.45) is 1.92. The highest BCUT2D eigenvalue weighted by atomic mass is 16.5. The number of fused-ring (bicyclic) bond motifs is 6. The number of anilines is 4. The highest BCUT2D eigenvalue weighted by Gasteiger charge is 2.37. The van der Waals surface area contributed by atoms with Crippen LogP contribution < -0.4 is 15.4 Å². The molecule has 5 heteroatoms. The molecule has 0 fully saturated rings. The number of rotatable bonds is 9. The third-order valence-corrected chi connectivity index (χ3v) is 13.1. The Morgan fingerprint density at radius 1 is 0.508 bits per heavy atom. The average molecular weight is 843 g/mol. The number of pyridine rings is 1. The standard InChI is InChI=1S/C60H50N4O/c1-59(2,3)42-33-34-61-56(36-42)64-54-32-27-41(39-17-8-6-9-18-39)35-49(54)47-29-28-45(38-55(47)64)65-44-22-16-21-43(37-44)62-52-25-14-15-26-53(52)63-58-46(40-19-10-7-11-20-40)30-31-51-57(58)48-23-12-13-24-50(48)60(51,4)5/h6-38,62-63H,1-5H3. The zero-order valence-corrected chi connectivity index (χ0v) is 37.4. The molecule has 10 aromatic rings. The fourth-order valence-electron chi connectivity index (χ4n) is 9.68. The molecular formula is C60H50N4O. The minimum absolute atomic E-state index is 0.0308. The van der Waals surface area contributed by atoms with Crippen molar-refractivity contribution in [3.8, 4) is 50.7 Å². The predicted molar refractivity (Wildman–Crippen MR) is 272 cm³/mol. The van der Waals surface area contributed by atoms with E-state index in [1.807, 2.05) is 18.3 Å². The second-order valence-corrected chi connectivity index (χ2v) is 18.6. The van der Waals surface area contributed by atoms with E-state index >= 15 is 0 Å². The first-order valence-corrected chi connectivity index (χ1v) is 22.4. The van der Waals surface area contributed by atoms with Gasteiger partial charge in [0.05, 0.1) is 28.1 Å². The van der Waals surface area contributed by atoms with Gasteiger partial charge in [-0.15, -0.1) is 0 Å².